The van der Waals surface area contributed by atoms with Gasteiger partial charge in [0.25, 0.3) is 0 Å². The Balaban J connectivity index is 2.70. The maximum absolute atomic E-state index is 4.63. The minimum Gasteiger partial charge on any atom is -0.373 e. The molecule has 0 spiro atoms. The maximum atomic E-state index is 4.63. The van der Waals surface area contributed by atoms with Gasteiger partial charge in [-0.25, -0.2) is 9.97 Å². The number of thioether (sulfide) groups is 1. The normalized spacial score (nSPS) is 11.0. The Kier molecular flexibility index (Phi) is 8.45. The molecule has 1 heterocycles. The molecule has 5 nitrogen and oxygen atoms in total. The summed E-state index contributed by atoms with van der Waals surface area (Å²) in [5.74, 6) is 1.90. The second-order valence-corrected chi connectivity index (χ2v) is 5.58. The fraction of sp³-hybridized carbons (Fsp3) is 0.733. The number of aromatic nitrogens is 2. The van der Waals surface area contributed by atoms with E-state index in [0.29, 0.717) is 0 Å². The predicted octanol–water partition coefficient (Wildman–Crippen LogP) is 2.80. The van der Waals surface area contributed by atoms with E-state index >= 15 is 0 Å². The molecular weight excluding hydrogens is 282 g/mol. The van der Waals surface area contributed by atoms with Crippen LogP contribution in [0.2, 0.25) is 0 Å². The van der Waals surface area contributed by atoms with Crippen molar-refractivity contribution in [2.45, 2.75) is 32.3 Å². The van der Waals surface area contributed by atoms with Gasteiger partial charge in [-0.3, -0.25) is 0 Å². The van der Waals surface area contributed by atoms with E-state index in [1.807, 2.05) is 19.4 Å². The minimum absolute atomic E-state index is 0.819. The number of anilines is 2. The number of nitrogens with zero attached hydrogens (tertiary/aromatic N) is 4. The monoisotopic (exact) mass is 311 g/mol. The van der Waals surface area contributed by atoms with Crippen molar-refractivity contribution in [1.29, 1.82) is 0 Å². The van der Waals surface area contributed by atoms with Crippen molar-refractivity contribution in [2.24, 2.45) is 0 Å². The van der Waals surface area contributed by atoms with E-state index in [0.717, 1.165) is 55.9 Å². The van der Waals surface area contributed by atoms with Crippen LogP contribution in [-0.2, 0) is 0 Å². The molecule has 0 aliphatic heterocycles. The highest BCUT2D eigenvalue weighted by atomic mass is 32.2. The zero-order chi connectivity index (χ0) is 15.7. The van der Waals surface area contributed by atoms with Crippen LogP contribution in [0.1, 0.15) is 27.2 Å². The van der Waals surface area contributed by atoms with Gasteiger partial charge in [-0.2, -0.15) is 0 Å². The SMILES string of the molecule is CCN(CC)CCCN(CC)c1cc(NC)nc(SC)n1. The van der Waals surface area contributed by atoms with E-state index < -0.39 is 0 Å². The molecule has 0 saturated carbocycles. The average molecular weight is 311 g/mol. The molecule has 0 atom stereocenters. The van der Waals surface area contributed by atoms with Crippen molar-refractivity contribution in [3.63, 3.8) is 0 Å². The largest absolute Gasteiger partial charge is 0.373 e. The summed E-state index contributed by atoms with van der Waals surface area (Å²) < 4.78 is 0. The summed E-state index contributed by atoms with van der Waals surface area (Å²) in [7, 11) is 1.90. The fourth-order valence-electron chi connectivity index (χ4n) is 2.25. The van der Waals surface area contributed by atoms with Gasteiger partial charge in [-0.15, -0.1) is 0 Å². The number of rotatable bonds is 10. The Morgan fingerprint density at radius 2 is 1.81 bits per heavy atom. The molecule has 0 fully saturated rings. The van der Waals surface area contributed by atoms with Crippen LogP contribution in [0, 0.1) is 0 Å². The van der Waals surface area contributed by atoms with Crippen LogP contribution in [-0.4, -0.2) is 60.9 Å². The van der Waals surface area contributed by atoms with E-state index in [2.05, 4.69) is 45.9 Å². The van der Waals surface area contributed by atoms with Crippen LogP contribution in [0.4, 0.5) is 11.6 Å². The molecule has 120 valence electrons. The Hall–Kier alpha value is -1.01. The molecule has 1 aromatic rings. The smallest absolute Gasteiger partial charge is 0.191 e. The molecular formula is C15H29N5S. The van der Waals surface area contributed by atoms with E-state index in [1.54, 1.807) is 11.8 Å². The second-order valence-electron chi connectivity index (χ2n) is 4.81. The van der Waals surface area contributed by atoms with Crippen molar-refractivity contribution in [2.75, 3.05) is 56.2 Å². The topological polar surface area (TPSA) is 44.3 Å². The summed E-state index contributed by atoms with van der Waals surface area (Å²) in [5, 5.41) is 3.93. The summed E-state index contributed by atoms with van der Waals surface area (Å²) >= 11 is 1.58. The average Bonchev–Trinajstić information content (AvgIpc) is 2.54. The molecule has 0 bridgehead atoms. The maximum Gasteiger partial charge on any atom is 0.191 e. The van der Waals surface area contributed by atoms with Gasteiger partial charge in [0.05, 0.1) is 0 Å². The zero-order valence-corrected chi connectivity index (χ0v) is 14.8. The van der Waals surface area contributed by atoms with Crippen LogP contribution in [0.25, 0.3) is 0 Å². The number of hydrogen-bond donors (Lipinski definition) is 1. The Morgan fingerprint density at radius 1 is 1.10 bits per heavy atom. The van der Waals surface area contributed by atoms with Crippen LogP contribution >= 0.6 is 11.8 Å². The van der Waals surface area contributed by atoms with Crippen molar-refractivity contribution in [1.82, 2.24) is 14.9 Å². The van der Waals surface area contributed by atoms with E-state index in [1.165, 1.54) is 0 Å². The summed E-state index contributed by atoms with van der Waals surface area (Å²) in [5.41, 5.74) is 0. The van der Waals surface area contributed by atoms with Crippen LogP contribution in [0.5, 0.6) is 0 Å². The molecule has 21 heavy (non-hydrogen) atoms. The first-order valence-electron chi connectivity index (χ1n) is 7.76. The molecule has 1 rings (SSSR count). The van der Waals surface area contributed by atoms with Gasteiger partial charge in [-0.05, 0) is 39.2 Å². The van der Waals surface area contributed by atoms with Gasteiger partial charge in [0.2, 0.25) is 0 Å². The Bertz CT molecular complexity index is 387. The quantitative estimate of drug-likeness (QED) is 0.529. The molecule has 0 saturated heterocycles. The van der Waals surface area contributed by atoms with Gasteiger partial charge in [-0.1, -0.05) is 25.6 Å². The first-order chi connectivity index (χ1) is 10.2. The van der Waals surface area contributed by atoms with E-state index in [-0.39, 0.29) is 0 Å². The molecule has 1 aromatic heterocycles. The van der Waals surface area contributed by atoms with Gasteiger partial charge in [0, 0.05) is 26.2 Å². The fourth-order valence-corrected chi connectivity index (χ4v) is 2.63. The Morgan fingerprint density at radius 3 is 2.33 bits per heavy atom. The zero-order valence-electron chi connectivity index (χ0n) is 14.0. The van der Waals surface area contributed by atoms with Crippen molar-refractivity contribution >= 4 is 23.4 Å². The number of nitrogens with one attached hydrogen (secondary N) is 1. The van der Waals surface area contributed by atoms with Crippen LogP contribution < -0.4 is 10.2 Å². The van der Waals surface area contributed by atoms with Gasteiger partial charge in [0.15, 0.2) is 5.16 Å². The summed E-state index contributed by atoms with van der Waals surface area (Å²) in [6.45, 7) is 12.0. The third kappa shape index (κ3) is 5.71. The predicted molar refractivity (Wildman–Crippen MR) is 93.7 cm³/mol. The van der Waals surface area contributed by atoms with Gasteiger partial charge < -0.3 is 15.1 Å². The lowest BCUT2D eigenvalue weighted by Gasteiger charge is -2.25. The number of hydrogen-bond acceptors (Lipinski definition) is 6. The molecule has 0 unspecified atom stereocenters. The summed E-state index contributed by atoms with van der Waals surface area (Å²) in [6, 6.07) is 2.03. The van der Waals surface area contributed by atoms with Crippen molar-refractivity contribution in [3.05, 3.63) is 6.07 Å². The third-order valence-electron chi connectivity index (χ3n) is 3.63. The molecule has 1 N–H and O–H groups in total. The summed E-state index contributed by atoms with van der Waals surface area (Å²) in [6.07, 6.45) is 3.16. The van der Waals surface area contributed by atoms with Crippen LogP contribution in [0.3, 0.4) is 0 Å². The Labute approximate surface area is 133 Å². The molecule has 0 radical (unpaired) electrons. The van der Waals surface area contributed by atoms with E-state index in [4.69, 9.17) is 0 Å². The third-order valence-corrected chi connectivity index (χ3v) is 4.18. The molecule has 0 amide bonds. The lowest BCUT2D eigenvalue weighted by Crippen LogP contribution is -2.30. The first-order valence-corrected chi connectivity index (χ1v) is 8.98. The van der Waals surface area contributed by atoms with E-state index in [9.17, 15) is 0 Å². The molecule has 0 aromatic carbocycles. The highest BCUT2D eigenvalue weighted by molar-refractivity contribution is 7.98. The molecule has 6 heteroatoms. The van der Waals surface area contributed by atoms with Gasteiger partial charge in [0.1, 0.15) is 11.6 Å². The van der Waals surface area contributed by atoms with Crippen molar-refractivity contribution < 1.29 is 0 Å². The van der Waals surface area contributed by atoms with Crippen LogP contribution in [0.15, 0.2) is 11.2 Å². The highest BCUT2D eigenvalue weighted by Gasteiger charge is 2.10. The minimum atomic E-state index is 0.819. The second kappa shape index (κ2) is 9.84. The lowest BCUT2D eigenvalue weighted by molar-refractivity contribution is 0.300. The van der Waals surface area contributed by atoms with Crippen molar-refractivity contribution in [3.8, 4) is 0 Å². The summed E-state index contributed by atoms with van der Waals surface area (Å²) in [4.78, 5) is 13.8. The highest BCUT2D eigenvalue weighted by Crippen LogP contribution is 2.20. The first kappa shape index (κ1) is 18.0. The van der Waals surface area contributed by atoms with Gasteiger partial charge >= 0.3 is 0 Å². The molecule has 0 aliphatic rings. The molecule has 0 aliphatic carbocycles. The standard InChI is InChI=1S/C15H29N5S/c1-6-19(7-2)10-9-11-20(8-3)14-12-13(16-4)17-15(18-14)21-5/h12H,6-11H2,1-5H3,(H,16,17,18). The lowest BCUT2D eigenvalue weighted by atomic mass is 10.3.